The number of methoxy groups -OCH3 is 1. The first-order valence-electron chi connectivity index (χ1n) is 13.3. The lowest BCUT2D eigenvalue weighted by Gasteiger charge is -2.32. The minimum atomic E-state index is -0.114. The van der Waals surface area contributed by atoms with Crippen LogP contribution >= 0.6 is 0 Å². The van der Waals surface area contributed by atoms with E-state index in [4.69, 9.17) is 14.8 Å². The maximum atomic E-state index is 12.5. The SMILES string of the molecule is COc1cccc(-c2nc(-c3ccc(CCN4CCC(NC(C)=O)CC4)cc3)nn2CC(=O)NC(C)C)c1. The van der Waals surface area contributed by atoms with Crippen LogP contribution in [-0.2, 0) is 22.6 Å². The van der Waals surface area contributed by atoms with Crippen molar-refractivity contribution in [3.05, 3.63) is 54.1 Å². The number of aromatic nitrogens is 3. The van der Waals surface area contributed by atoms with Crippen molar-refractivity contribution >= 4 is 11.8 Å². The van der Waals surface area contributed by atoms with Gasteiger partial charge in [0.05, 0.1) is 7.11 Å². The minimum Gasteiger partial charge on any atom is -0.497 e. The highest BCUT2D eigenvalue weighted by Gasteiger charge is 2.20. The van der Waals surface area contributed by atoms with Crippen molar-refractivity contribution in [1.29, 1.82) is 0 Å². The molecular formula is C29H38N6O3. The number of carbonyl (C=O) groups is 2. The highest BCUT2D eigenvalue weighted by atomic mass is 16.5. The molecule has 0 saturated carbocycles. The van der Waals surface area contributed by atoms with Crippen molar-refractivity contribution in [2.75, 3.05) is 26.7 Å². The summed E-state index contributed by atoms with van der Waals surface area (Å²) in [6.45, 7) is 8.52. The van der Waals surface area contributed by atoms with Crippen molar-refractivity contribution in [3.8, 4) is 28.5 Å². The molecule has 9 heteroatoms. The van der Waals surface area contributed by atoms with Crippen LogP contribution in [0.2, 0.25) is 0 Å². The van der Waals surface area contributed by atoms with Crippen LogP contribution in [0.15, 0.2) is 48.5 Å². The Morgan fingerprint density at radius 3 is 2.47 bits per heavy atom. The summed E-state index contributed by atoms with van der Waals surface area (Å²) in [7, 11) is 1.63. The molecule has 2 amide bonds. The van der Waals surface area contributed by atoms with Gasteiger partial charge in [-0.1, -0.05) is 36.4 Å². The van der Waals surface area contributed by atoms with Gasteiger partial charge < -0.3 is 20.3 Å². The minimum absolute atomic E-state index is 0.0434. The summed E-state index contributed by atoms with van der Waals surface area (Å²) < 4.78 is 7.04. The summed E-state index contributed by atoms with van der Waals surface area (Å²) in [6.07, 6.45) is 2.95. The molecule has 1 saturated heterocycles. The number of likely N-dealkylation sites (tertiary alicyclic amines) is 1. The van der Waals surface area contributed by atoms with Gasteiger partial charge in [0.1, 0.15) is 12.3 Å². The van der Waals surface area contributed by atoms with Gasteiger partial charge in [-0.15, -0.1) is 5.10 Å². The second-order valence-corrected chi connectivity index (χ2v) is 10.1. The summed E-state index contributed by atoms with van der Waals surface area (Å²) in [5.41, 5.74) is 2.98. The number of carbonyl (C=O) groups excluding carboxylic acids is 2. The molecule has 0 radical (unpaired) electrons. The summed E-state index contributed by atoms with van der Waals surface area (Å²) in [4.78, 5) is 31.1. The van der Waals surface area contributed by atoms with Gasteiger partial charge in [0, 0.05) is 49.8 Å². The summed E-state index contributed by atoms with van der Waals surface area (Å²) in [5, 5.41) is 10.7. The second kappa shape index (κ2) is 12.7. The molecule has 2 heterocycles. The quantitative estimate of drug-likeness (QED) is 0.427. The highest BCUT2D eigenvalue weighted by Crippen LogP contribution is 2.26. The van der Waals surface area contributed by atoms with Crippen molar-refractivity contribution < 1.29 is 14.3 Å². The Hall–Kier alpha value is -3.72. The van der Waals surface area contributed by atoms with Crippen LogP contribution in [-0.4, -0.2) is 70.3 Å². The molecule has 202 valence electrons. The predicted octanol–water partition coefficient (Wildman–Crippen LogP) is 3.29. The van der Waals surface area contributed by atoms with Crippen LogP contribution in [0.3, 0.4) is 0 Å². The first kappa shape index (κ1) is 27.3. The fourth-order valence-corrected chi connectivity index (χ4v) is 4.75. The van der Waals surface area contributed by atoms with Crippen LogP contribution in [0, 0.1) is 0 Å². The third kappa shape index (κ3) is 7.41. The number of hydrogen-bond donors (Lipinski definition) is 2. The Labute approximate surface area is 224 Å². The number of nitrogens with one attached hydrogen (secondary N) is 2. The molecule has 1 aliphatic rings. The van der Waals surface area contributed by atoms with Crippen molar-refractivity contribution in [2.45, 2.75) is 58.7 Å². The molecule has 4 rings (SSSR count). The van der Waals surface area contributed by atoms with Gasteiger partial charge in [-0.2, -0.15) is 0 Å². The van der Waals surface area contributed by atoms with E-state index in [0.29, 0.717) is 23.4 Å². The monoisotopic (exact) mass is 518 g/mol. The molecule has 1 aromatic heterocycles. The average molecular weight is 519 g/mol. The Kier molecular flexibility index (Phi) is 9.12. The second-order valence-electron chi connectivity index (χ2n) is 10.1. The lowest BCUT2D eigenvalue weighted by Crippen LogP contribution is -2.44. The van der Waals surface area contributed by atoms with E-state index in [1.54, 1.807) is 18.7 Å². The van der Waals surface area contributed by atoms with E-state index in [9.17, 15) is 9.59 Å². The largest absolute Gasteiger partial charge is 0.497 e. The van der Waals surface area contributed by atoms with E-state index in [1.165, 1.54) is 5.56 Å². The molecule has 0 unspecified atom stereocenters. The molecule has 0 atom stereocenters. The van der Waals surface area contributed by atoms with Crippen molar-refractivity contribution in [2.24, 2.45) is 0 Å². The number of amides is 2. The van der Waals surface area contributed by atoms with Gasteiger partial charge in [-0.3, -0.25) is 9.59 Å². The zero-order chi connectivity index (χ0) is 27.1. The third-order valence-corrected chi connectivity index (χ3v) is 6.67. The molecule has 3 aromatic rings. The Bertz CT molecular complexity index is 1230. The Morgan fingerprint density at radius 1 is 1.08 bits per heavy atom. The average Bonchev–Trinajstić information content (AvgIpc) is 3.31. The number of nitrogens with zero attached hydrogens (tertiary/aromatic N) is 4. The molecule has 9 nitrogen and oxygen atoms in total. The number of piperidine rings is 1. The summed E-state index contributed by atoms with van der Waals surface area (Å²) in [5.74, 6) is 1.85. The van der Waals surface area contributed by atoms with E-state index >= 15 is 0 Å². The predicted molar refractivity (Wildman–Crippen MR) is 148 cm³/mol. The fourth-order valence-electron chi connectivity index (χ4n) is 4.75. The summed E-state index contributed by atoms with van der Waals surface area (Å²) >= 11 is 0. The van der Waals surface area contributed by atoms with Crippen LogP contribution in [0.25, 0.3) is 22.8 Å². The van der Waals surface area contributed by atoms with E-state index in [1.807, 2.05) is 50.2 Å². The fraction of sp³-hybridized carbons (Fsp3) is 0.448. The normalized spacial score (nSPS) is 14.4. The smallest absolute Gasteiger partial charge is 0.242 e. The molecule has 38 heavy (non-hydrogen) atoms. The van der Waals surface area contributed by atoms with E-state index < -0.39 is 0 Å². The Balaban J connectivity index is 1.45. The van der Waals surface area contributed by atoms with E-state index in [2.05, 4.69) is 27.7 Å². The highest BCUT2D eigenvalue weighted by molar-refractivity contribution is 5.77. The maximum absolute atomic E-state index is 12.5. The van der Waals surface area contributed by atoms with Crippen LogP contribution in [0.5, 0.6) is 5.75 Å². The van der Waals surface area contributed by atoms with Crippen molar-refractivity contribution in [1.82, 2.24) is 30.3 Å². The zero-order valence-electron chi connectivity index (χ0n) is 22.7. The van der Waals surface area contributed by atoms with Crippen LogP contribution < -0.4 is 15.4 Å². The molecule has 1 aliphatic heterocycles. The number of hydrogen-bond acceptors (Lipinski definition) is 6. The molecule has 2 aromatic carbocycles. The zero-order valence-corrected chi connectivity index (χ0v) is 22.7. The summed E-state index contributed by atoms with van der Waals surface area (Å²) in [6, 6.07) is 16.3. The van der Waals surface area contributed by atoms with Crippen LogP contribution in [0.1, 0.15) is 39.2 Å². The third-order valence-electron chi connectivity index (χ3n) is 6.67. The van der Waals surface area contributed by atoms with Gasteiger partial charge >= 0.3 is 0 Å². The first-order valence-corrected chi connectivity index (χ1v) is 13.3. The lowest BCUT2D eigenvalue weighted by atomic mass is 10.0. The topological polar surface area (TPSA) is 101 Å². The molecule has 2 N–H and O–H groups in total. The van der Waals surface area contributed by atoms with Crippen LogP contribution in [0.4, 0.5) is 0 Å². The first-order chi connectivity index (χ1) is 18.3. The number of benzene rings is 2. The number of rotatable bonds is 10. The molecule has 0 bridgehead atoms. The number of ether oxygens (including phenoxy) is 1. The van der Waals surface area contributed by atoms with Gasteiger partial charge in [-0.05, 0) is 50.8 Å². The van der Waals surface area contributed by atoms with Gasteiger partial charge in [0.2, 0.25) is 11.8 Å². The van der Waals surface area contributed by atoms with Crippen molar-refractivity contribution in [3.63, 3.8) is 0 Å². The Morgan fingerprint density at radius 2 is 1.82 bits per heavy atom. The van der Waals surface area contributed by atoms with Gasteiger partial charge in [0.15, 0.2) is 11.6 Å². The molecule has 0 aliphatic carbocycles. The lowest BCUT2D eigenvalue weighted by molar-refractivity contribution is -0.122. The molecule has 1 fully saturated rings. The van der Waals surface area contributed by atoms with E-state index in [0.717, 1.165) is 50.0 Å². The standard InChI is InChI=1S/C29H38N6O3/c1-20(2)30-27(37)19-35-29(24-6-5-7-26(18-24)38-4)32-28(33-35)23-10-8-22(9-11-23)12-15-34-16-13-25(14-17-34)31-21(3)36/h5-11,18,20,25H,12-17,19H2,1-4H3,(H,30,37)(H,31,36). The van der Waals surface area contributed by atoms with Gasteiger partial charge in [-0.25, -0.2) is 9.67 Å². The van der Waals surface area contributed by atoms with E-state index in [-0.39, 0.29) is 24.4 Å². The van der Waals surface area contributed by atoms with Gasteiger partial charge in [0.25, 0.3) is 0 Å². The maximum Gasteiger partial charge on any atom is 0.242 e. The molecule has 0 spiro atoms. The molecular weight excluding hydrogens is 480 g/mol.